The summed E-state index contributed by atoms with van der Waals surface area (Å²) in [5, 5.41) is 7.52. The van der Waals surface area contributed by atoms with Crippen molar-refractivity contribution < 1.29 is 4.79 Å². The molecule has 2 aromatic carbocycles. The number of rotatable bonds is 4. The molecule has 25 heavy (non-hydrogen) atoms. The van der Waals surface area contributed by atoms with Crippen LogP contribution in [0, 0.1) is 20.8 Å². The first-order chi connectivity index (χ1) is 11.9. The Morgan fingerprint density at radius 2 is 1.92 bits per heavy atom. The van der Waals surface area contributed by atoms with Gasteiger partial charge in [0, 0.05) is 16.4 Å². The number of hydrogen-bond donors (Lipinski definition) is 2. The van der Waals surface area contributed by atoms with E-state index in [9.17, 15) is 4.79 Å². The van der Waals surface area contributed by atoms with Gasteiger partial charge in [0.05, 0.1) is 5.69 Å². The van der Waals surface area contributed by atoms with Gasteiger partial charge < -0.3 is 10.6 Å². The van der Waals surface area contributed by atoms with Crippen molar-refractivity contribution in [2.75, 3.05) is 10.6 Å². The lowest BCUT2D eigenvalue weighted by atomic mass is 10.2. The van der Waals surface area contributed by atoms with Gasteiger partial charge in [0.25, 0.3) is 5.91 Å². The molecule has 2 N–H and O–H groups in total. The molecule has 0 unspecified atom stereocenters. The molecular weight excluding hydrogens is 354 g/mol. The average Bonchev–Trinajstić information content (AvgIpc) is 2.90. The molecule has 1 heterocycles. The molecule has 0 saturated heterocycles. The van der Waals surface area contributed by atoms with Crippen LogP contribution < -0.4 is 10.6 Å². The normalized spacial score (nSPS) is 10.6. The third-order valence-electron chi connectivity index (χ3n) is 3.71. The van der Waals surface area contributed by atoms with E-state index in [2.05, 4.69) is 15.6 Å². The highest BCUT2D eigenvalue weighted by Crippen LogP contribution is 2.28. The molecule has 4 nitrogen and oxygen atoms in total. The van der Waals surface area contributed by atoms with E-state index in [1.165, 1.54) is 11.3 Å². The second-order valence-electron chi connectivity index (χ2n) is 5.84. The molecule has 1 aromatic heterocycles. The number of aryl methyl sites for hydroxylation is 3. The van der Waals surface area contributed by atoms with Crippen LogP contribution in [0.25, 0.3) is 0 Å². The summed E-state index contributed by atoms with van der Waals surface area (Å²) in [5.41, 5.74) is 4.48. The summed E-state index contributed by atoms with van der Waals surface area (Å²) in [5.74, 6) is -0.169. The Bertz CT molecular complexity index is 936. The fourth-order valence-corrected chi connectivity index (χ4v) is 3.56. The van der Waals surface area contributed by atoms with E-state index in [-0.39, 0.29) is 5.91 Å². The van der Waals surface area contributed by atoms with Crippen molar-refractivity contribution in [2.24, 2.45) is 0 Å². The van der Waals surface area contributed by atoms with Gasteiger partial charge in [-0.15, -0.1) is 0 Å². The van der Waals surface area contributed by atoms with Crippen LogP contribution in [-0.4, -0.2) is 10.9 Å². The summed E-state index contributed by atoms with van der Waals surface area (Å²) in [4.78, 5) is 17.6. The molecule has 0 aliphatic carbocycles. The molecule has 6 heteroatoms. The van der Waals surface area contributed by atoms with E-state index >= 15 is 0 Å². The van der Waals surface area contributed by atoms with Crippen LogP contribution in [0.5, 0.6) is 0 Å². The Balaban J connectivity index is 1.78. The molecule has 128 valence electrons. The van der Waals surface area contributed by atoms with E-state index in [1.54, 1.807) is 12.1 Å². The van der Waals surface area contributed by atoms with Crippen molar-refractivity contribution in [3.8, 4) is 0 Å². The summed E-state index contributed by atoms with van der Waals surface area (Å²) in [6, 6.07) is 13.4. The first kappa shape index (κ1) is 17.5. The molecular formula is C19H18ClN3OS. The smallest absolute Gasteiger partial charge is 0.267 e. The Morgan fingerprint density at radius 1 is 1.12 bits per heavy atom. The van der Waals surface area contributed by atoms with E-state index in [4.69, 9.17) is 11.6 Å². The minimum Gasteiger partial charge on any atom is -0.332 e. The SMILES string of the molecule is Cc1cccc(Nc2nc(C)c(C(=O)Nc3ccc(Cl)cc3C)s2)c1. The quantitative estimate of drug-likeness (QED) is 0.616. The van der Waals surface area contributed by atoms with E-state index in [0.29, 0.717) is 20.7 Å². The Kier molecular flexibility index (Phi) is 5.06. The maximum Gasteiger partial charge on any atom is 0.267 e. The highest BCUT2D eigenvalue weighted by molar-refractivity contribution is 7.17. The second-order valence-corrected chi connectivity index (χ2v) is 7.28. The van der Waals surface area contributed by atoms with Gasteiger partial charge in [-0.1, -0.05) is 35.1 Å². The van der Waals surface area contributed by atoms with Crippen molar-refractivity contribution in [1.82, 2.24) is 4.98 Å². The zero-order chi connectivity index (χ0) is 18.0. The highest BCUT2D eigenvalue weighted by Gasteiger charge is 2.16. The number of carbonyl (C=O) groups is 1. The van der Waals surface area contributed by atoms with Gasteiger partial charge in [0.1, 0.15) is 4.88 Å². The number of nitrogens with one attached hydrogen (secondary N) is 2. The van der Waals surface area contributed by atoms with Crippen LogP contribution in [0.3, 0.4) is 0 Å². The number of carbonyl (C=O) groups excluding carboxylic acids is 1. The third kappa shape index (κ3) is 4.18. The zero-order valence-electron chi connectivity index (χ0n) is 14.2. The van der Waals surface area contributed by atoms with Gasteiger partial charge in [-0.25, -0.2) is 4.98 Å². The number of anilines is 3. The van der Waals surface area contributed by atoms with E-state index < -0.39 is 0 Å². The van der Waals surface area contributed by atoms with Crippen LogP contribution in [0.2, 0.25) is 5.02 Å². The summed E-state index contributed by atoms with van der Waals surface area (Å²) < 4.78 is 0. The number of hydrogen-bond acceptors (Lipinski definition) is 4. The van der Waals surface area contributed by atoms with E-state index in [0.717, 1.165) is 22.5 Å². The minimum atomic E-state index is -0.169. The summed E-state index contributed by atoms with van der Waals surface area (Å²) in [6.45, 7) is 5.78. The predicted molar refractivity (Wildman–Crippen MR) is 105 cm³/mol. The highest BCUT2D eigenvalue weighted by atomic mass is 35.5. The van der Waals surface area contributed by atoms with Gasteiger partial charge in [-0.05, 0) is 62.2 Å². The molecule has 0 atom stereocenters. The summed E-state index contributed by atoms with van der Waals surface area (Å²) in [6.07, 6.45) is 0. The molecule has 0 fully saturated rings. The topological polar surface area (TPSA) is 54.0 Å². The van der Waals surface area contributed by atoms with Crippen LogP contribution in [0.15, 0.2) is 42.5 Å². The Hall–Kier alpha value is -2.37. The number of aromatic nitrogens is 1. The minimum absolute atomic E-state index is 0.169. The lowest BCUT2D eigenvalue weighted by molar-refractivity contribution is 0.102. The molecule has 0 spiro atoms. The molecule has 3 rings (SSSR count). The largest absolute Gasteiger partial charge is 0.332 e. The Labute approximate surface area is 155 Å². The van der Waals surface area contributed by atoms with Crippen molar-refractivity contribution in [1.29, 1.82) is 0 Å². The number of thiazole rings is 1. The second kappa shape index (κ2) is 7.25. The van der Waals surface area contributed by atoms with Gasteiger partial charge in [-0.2, -0.15) is 0 Å². The lowest BCUT2D eigenvalue weighted by Gasteiger charge is -2.07. The van der Waals surface area contributed by atoms with Crippen LogP contribution in [0.1, 0.15) is 26.5 Å². The van der Waals surface area contributed by atoms with Crippen LogP contribution in [0.4, 0.5) is 16.5 Å². The fourth-order valence-electron chi connectivity index (χ4n) is 2.45. The maximum absolute atomic E-state index is 12.6. The predicted octanol–water partition coefficient (Wildman–Crippen LogP) is 5.72. The van der Waals surface area contributed by atoms with Gasteiger partial charge in [0.15, 0.2) is 5.13 Å². The first-order valence-corrected chi connectivity index (χ1v) is 9.00. The van der Waals surface area contributed by atoms with Crippen LogP contribution >= 0.6 is 22.9 Å². The third-order valence-corrected chi connectivity index (χ3v) is 5.02. The number of amides is 1. The molecule has 0 aliphatic rings. The van der Waals surface area contributed by atoms with Gasteiger partial charge in [-0.3, -0.25) is 4.79 Å². The van der Waals surface area contributed by atoms with E-state index in [1.807, 2.05) is 51.1 Å². The van der Waals surface area contributed by atoms with Crippen LogP contribution in [-0.2, 0) is 0 Å². The van der Waals surface area contributed by atoms with Gasteiger partial charge in [0.2, 0.25) is 0 Å². The average molecular weight is 372 g/mol. The number of benzene rings is 2. The van der Waals surface area contributed by atoms with Crippen molar-refractivity contribution in [2.45, 2.75) is 20.8 Å². The Morgan fingerprint density at radius 3 is 2.64 bits per heavy atom. The van der Waals surface area contributed by atoms with Crippen molar-refractivity contribution >= 4 is 45.4 Å². The number of halogens is 1. The summed E-state index contributed by atoms with van der Waals surface area (Å²) >= 11 is 7.29. The number of nitrogens with zero attached hydrogens (tertiary/aromatic N) is 1. The van der Waals surface area contributed by atoms with Crippen molar-refractivity contribution in [3.63, 3.8) is 0 Å². The maximum atomic E-state index is 12.6. The van der Waals surface area contributed by atoms with Crippen molar-refractivity contribution in [3.05, 3.63) is 69.2 Å². The van der Waals surface area contributed by atoms with Gasteiger partial charge >= 0.3 is 0 Å². The summed E-state index contributed by atoms with van der Waals surface area (Å²) in [7, 11) is 0. The molecule has 0 radical (unpaired) electrons. The fraction of sp³-hybridized carbons (Fsp3) is 0.158. The standard InChI is InChI=1S/C19H18ClN3OS/c1-11-5-4-6-15(9-11)22-19-21-13(3)17(25-19)18(24)23-16-8-7-14(20)10-12(16)2/h4-10H,1-3H3,(H,21,22)(H,23,24). The molecule has 1 amide bonds. The lowest BCUT2D eigenvalue weighted by Crippen LogP contribution is -2.12. The molecule has 0 bridgehead atoms. The zero-order valence-corrected chi connectivity index (χ0v) is 15.8. The molecule has 3 aromatic rings. The molecule has 0 saturated carbocycles. The monoisotopic (exact) mass is 371 g/mol. The molecule has 0 aliphatic heterocycles. The first-order valence-electron chi connectivity index (χ1n) is 7.81.